The van der Waals surface area contributed by atoms with Gasteiger partial charge >= 0.3 is 0 Å². The van der Waals surface area contributed by atoms with Crippen molar-refractivity contribution in [3.05, 3.63) is 79.2 Å². The molecule has 0 saturated carbocycles. The monoisotopic (exact) mass is 537 g/mol. The second-order valence-corrected chi connectivity index (χ2v) is 8.65. The number of nitrogens with one attached hydrogen (secondary N) is 1. The molecule has 0 aromatic heterocycles. The molecule has 1 heterocycles. The summed E-state index contributed by atoms with van der Waals surface area (Å²) in [6, 6.07) is 10.8. The van der Waals surface area contributed by atoms with E-state index in [2.05, 4.69) is 5.32 Å². The number of nitrogens with two attached hydrogens (primary N) is 1. The van der Waals surface area contributed by atoms with Gasteiger partial charge in [0, 0.05) is 11.3 Å². The summed E-state index contributed by atoms with van der Waals surface area (Å²) in [5.41, 5.74) is 7.04. The number of hydrogen-bond acceptors (Lipinski definition) is 5. The summed E-state index contributed by atoms with van der Waals surface area (Å²) >= 11 is 24.4. The number of fused-ring (bicyclic) bond motifs is 1. The number of amides is 3. The molecule has 4 rings (SSSR count). The molecule has 3 N–H and O–H groups in total. The van der Waals surface area contributed by atoms with Crippen LogP contribution < -0.4 is 20.7 Å². The minimum absolute atomic E-state index is 0.108. The van der Waals surface area contributed by atoms with Crippen LogP contribution in [0.15, 0.2) is 42.5 Å². The maximum absolute atomic E-state index is 13.0. The summed E-state index contributed by atoms with van der Waals surface area (Å²) in [6.07, 6.45) is 0. The summed E-state index contributed by atoms with van der Waals surface area (Å²) in [6.45, 7) is 2.28. The van der Waals surface area contributed by atoms with Crippen LogP contribution in [0, 0.1) is 0 Å². The molecule has 1 aliphatic heterocycles. The Morgan fingerprint density at radius 3 is 1.97 bits per heavy atom. The van der Waals surface area contributed by atoms with E-state index < -0.39 is 17.7 Å². The van der Waals surface area contributed by atoms with Crippen molar-refractivity contribution in [3.63, 3.8) is 0 Å². The zero-order valence-corrected chi connectivity index (χ0v) is 20.4. The molecule has 3 aromatic carbocycles. The van der Waals surface area contributed by atoms with E-state index in [4.69, 9.17) is 56.9 Å². The van der Waals surface area contributed by atoms with Crippen molar-refractivity contribution >= 4 is 81.2 Å². The lowest BCUT2D eigenvalue weighted by atomic mass is 10.1. The standard InChI is InChI=1S/C23H15Cl4N3O4/c1-2-34-14-8-3-10(9-13(14)28)21(31)29-11-4-6-12(7-5-11)30-22(32)15-16(23(30)33)18(25)20(27)19(26)17(15)24/h3-9H,2,28H2,1H3,(H,29,31). The van der Waals surface area contributed by atoms with Gasteiger partial charge in [-0.1, -0.05) is 46.4 Å². The normalized spacial score (nSPS) is 12.7. The summed E-state index contributed by atoms with van der Waals surface area (Å²) in [5, 5.41) is 2.21. The Labute approximate surface area is 214 Å². The summed E-state index contributed by atoms with van der Waals surface area (Å²) < 4.78 is 5.37. The molecule has 3 aromatic rings. The number of imide groups is 1. The van der Waals surface area contributed by atoms with E-state index in [1.165, 1.54) is 30.3 Å². The topological polar surface area (TPSA) is 102 Å². The highest BCUT2D eigenvalue weighted by molar-refractivity contribution is 6.56. The number of nitrogen functional groups attached to an aromatic ring is 1. The Morgan fingerprint density at radius 1 is 0.912 bits per heavy atom. The number of benzene rings is 3. The maximum atomic E-state index is 13.0. The van der Waals surface area contributed by atoms with Crippen LogP contribution in [0.4, 0.5) is 17.1 Å². The number of carbonyl (C=O) groups is 3. The number of hydrogen-bond donors (Lipinski definition) is 2. The first-order valence-corrected chi connectivity index (χ1v) is 11.3. The average Bonchev–Trinajstić information content (AvgIpc) is 3.08. The van der Waals surface area contributed by atoms with E-state index in [-0.39, 0.29) is 36.9 Å². The number of carbonyl (C=O) groups excluding carboxylic acids is 3. The van der Waals surface area contributed by atoms with E-state index >= 15 is 0 Å². The van der Waals surface area contributed by atoms with Crippen molar-refractivity contribution in [2.24, 2.45) is 0 Å². The van der Waals surface area contributed by atoms with Crippen molar-refractivity contribution in [1.82, 2.24) is 0 Å². The number of anilines is 3. The van der Waals surface area contributed by atoms with Crippen molar-refractivity contribution in [3.8, 4) is 5.75 Å². The molecule has 3 amide bonds. The quantitative estimate of drug-likeness (QED) is 0.171. The van der Waals surface area contributed by atoms with Gasteiger partial charge < -0.3 is 15.8 Å². The summed E-state index contributed by atoms with van der Waals surface area (Å²) in [5.74, 6) is -1.28. The van der Waals surface area contributed by atoms with E-state index in [9.17, 15) is 14.4 Å². The van der Waals surface area contributed by atoms with Crippen molar-refractivity contribution in [1.29, 1.82) is 0 Å². The predicted octanol–water partition coefficient (Wildman–Crippen LogP) is 6.33. The van der Waals surface area contributed by atoms with Crippen LogP contribution >= 0.6 is 46.4 Å². The van der Waals surface area contributed by atoms with E-state index in [1.54, 1.807) is 12.1 Å². The van der Waals surface area contributed by atoms with Gasteiger partial charge in [-0.25, -0.2) is 4.90 Å². The van der Waals surface area contributed by atoms with Crippen molar-refractivity contribution in [2.45, 2.75) is 6.92 Å². The Hall–Kier alpha value is -2.97. The van der Waals surface area contributed by atoms with Gasteiger partial charge in [0.25, 0.3) is 17.7 Å². The molecular formula is C23H15Cl4N3O4. The molecule has 0 atom stereocenters. The van der Waals surface area contributed by atoms with Crippen LogP contribution in [0.2, 0.25) is 20.1 Å². The highest BCUT2D eigenvalue weighted by atomic mass is 35.5. The Kier molecular flexibility index (Phi) is 6.64. The summed E-state index contributed by atoms with van der Waals surface area (Å²) in [4.78, 5) is 39.4. The Balaban J connectivity index is 1.56. The third-order valence-electron chi connectivity index (χ3n) is 5.06. The van der Waals surface area contributed by atoms with Crippen LogP contribution in [0.25, 0.3) is 0 Å². The zero-order chi connectivity index (χ0) is 24.7. The molecule has 7 nitrogen and oxygen atoms in total. The molecule has 174 valence electrons. The van der Waals surface area contributed by atoms with Gasteiger partial charge in [0.2, 0.25) is 0 Å². The molecule has 0 fully saturated rings. The smallest absolute Gasteiger partial charge is 0.267 e. The second-order valence-electron chi connectivity index (χ2n) is 7.14. The first-order chi connectivity index (χ1) is 16.1. The zero-order valence-electron chi connectivity index (χ0n) is 17.4. The summed E-state index contributed by atoms with van der Waals surface area (Å²) in [7, 11) is 0. The molecule has 0 radical (unpaired) electrons. The van der Waals surface area contributed by atoms with E-state index in [0.29, 0.717) is 29.3 Å². The van der Waals surface area contributed by atoms with Crippen molar-refractivity contribution < 1.29 is 19.1 Å². The van der Waals surface area contributed by atoms with Crippen LogP contribution in [0.3, 0.4) is 0 Å². The molecular weight excluding hydrogens is 524 g/mol. The second kappa shape index (κ2) is 9.35. The molecule has 0 aliphatic carbocycles. The molecule has 0 saturated heterocycles. The Bertz CT molecular complexity index is 1310. The van der Waals surface area contributed by atoms with Crippen molar-refractivity contribution in [2.75, 3.05) is 22.6 Å². The minimum Gasteiger partial charge on any atom is -0.492 e. The first kappa shape index (κ1) is 24.2. The highest BCUT2D eigenvalue weighted by Crippen LogP contribution is 2.45. The van der Waals surface area contributed by atoms with Crippen LogP contribution in [0.5, 0.6) is 5.75 Å². The number of rotatable bonds is 5. The molecule has 1 aliphatic rings. The SMILES string of the molecule is CCOc1ccc(C(=O)Nc2ccc(N3C(=O)c4c(Cl)c(Cl)c(Cl)c(Cl)c4C3=O)cc2)cc1N. The molecule has 0 spiro atoms. The van der Waals surface area contributed by atoms with Gasteiger partial charge in [0.05, 0.1) is 49.2 Å². The largest absolute Gasteiger partial charge is 0.492 e. The van der Waals surface area contributed by atoms with Gasteiger partial charge in [-0.15, -0.1) is 0 Å². The van der Waals surface area contributed by atoms with E-state index in [1.807, 2.05) is 6.92 Å². The predicted molar refractivity (Wildman–Crippen MR) is 134 cm³/mol. The lowest BCUT2D eigenvalue weighted by Crippen LogP contribution is -2.29. The molecule has 34 heavy (non-hydrogen) atoms. The van der Waals surface area contributed by atoms with Crippen LogP contribution in [0.1, 0.15) is 38.0 Å². The average molecular weight is 539 g/mol. The third-order valence-corrected chi connectivity index (χ3v) is 6.86. The maximum Gasteiger partial charge on any atom is 0.267 e. The van der Waals surface area contributed by atoms with E-state index in [0.717, 1.165) is 4.90 Å². The Morgan fingerprint density at radius 2 is 1.47 bits per heavy atom. The van der Waals surface area contributed by atoms with Crippen LogP contribution in [-0.2, 0) is 0 Å². The third kappa shape index (κ3) is 4.05. The van der Waals surface area contributed by atoms with Gasteiger partial charge in [-0.05, 0) is 49.4 Å². The highest BCUT2D eigenvalue weighted by Gasteiger charge is 2.42. The first-order valence-electron chi connectivity index (χ1n) is 9.84. The van der Waals surface area contributed by atoms with Gasteiger partial charge in [-0.3, -0.25) is 14.4 Å². The van der Waals surface area contributed by atoms with Gasteiger partial charge in [0.1, 0.15) is 5.75 Å². The minimum atomic E-state index is -0.688. The molecule has 11 heteroatoms. The van der Waals surface area contributed by atoms with Crippen LogP contribution in [-0.4, -0.2) is 24.3 Å². The lowest BCUT2D eigenvalue weighted by Gasteiger charge is -2.15. The fraction of sp³-hybridized carbons (Fsp3) is 0.0870. The van der Waals surface area contributed by atoms with Gasteiger partial charge in [-0.2, -0.15) is 0 Å². The molecule has 0 bridgehead atoms. The fourth-order valence-corrected chi connectivity index (χ4v) is 4.47. The fourth-order valence-electron chi connectivity index (χ4n) is 3.46. The molecule has 0 unspecified atom stereocenters. The lowest BCUT2D eigenvalue weighted by molar-refractivity contribution is 0.0925. The number of nitrogens with zero attached hydrogens (tertiary/aromatic N) is 1. The number of halogens is 4. The number of ether oxygens (including phenoxy) is 1. The van der Waals surface area contributed by atoms with Gasteiger partial charge in [0.15, 0.2) is 0 Å².